The molecule has 0 aliphatic rings. The highest BCUT2D eigenvalue weighted by molar-refractivity contribution is 5.92. The first kappa shape index (κ1) is 18.4. The summed E-state index contributed by atoms with van der Waals surface area (Å²) in [6.07, 6.45) is 0. The van der Waals surface area contributed by atoms with Crippen molar-refractivity contribution in [3.63, 3.8) is 0 Å². The largest absolute Gasteiger partial charge is 0.497 e. The van der Waals surface area contributed by atoms with Crippen LogP contribution >= 0.6 is 0 Å². The van der Waals surface area contributed by atoms with Crippen molar-refractivity contribution in [2.75, 3.05) is 21.3 Å². The summed E-state index contributed by atoms with van der Waals surface area (Å²) in [6, 6.07) is 14.6. The zero-order valence-electron chi connectivity index (χ0n) is 15.6. The number of aromatic carboxylic acids is 1. The number of methoxy groups -OCH3 is 3. The van der Waals surface area contributed by atoms with Gasteiger partial charge in [-0.2, -0.15) is 0 Å². The molecule has 0 radical (unpaired) electrons. The van der Waals surface area contributed by atoms with Gasteiger partial charge in [0, 0.05) is 23.0 Å². The van der Waals surface area contributed by atoms with Crippen LogP contribution in [-0.2, 0) is 0 Å². The monoisotopic (exact) mass is 367 g/mol. The Kier molecular flexibility index (Phi) is 5.07. The molecule has 0 saturated heterocycles. The summed E-state index contributed by atoms with van der Waals surface area (Å²) in [5.41, 5.74) is 3.17. The quantitative estimate of drug-likeness (QED) is 0.708. The number of rotatable bonds is 6. The summed E-state index contributed by atoms with van der Waals surface area (Å²) in [6.45, 7) is 1.78. The molecule has 1 heterocycles. The van der Waals surface area contributed by atoms with Crippen molar-refractivity contribution >= 4 is 5.97 Å². The minimum atomic E-state index is -0.978. The number of carbonyl (C=O) groups is 1. The average Bonchev–Trinajstić information content (AvgIpc) is 3.04. The molecule has 6 heteroatoms. The molecular formula is C21H21NO5. The molecule has 1 aromatic heterocycles. The van der Waals surface area contributed by atoms with Crippen LogP contribution in [0.15, 0.2) is 48.5 Å². The standard InChI is InChI=1S/C21H21NO5/c1-13-18(21(23)24)12-19(17-10-9-16(26-3)11-20(17)27-4)22(13)14-5-7-15(25-2)8-6-14/h5-12H,1-4H3,(H,23,24). The molecule has 3 rings (SSSR count). The van der Waals surface area contributed by atoms with E-state index < -0.39 is 5.97 Å². The molecule has 27 heavy (non-hydrogen) atoms. The van der Waals surface area contributed by atoms with Crippen molar-refractivity contribution in [3.8, 4) is 34.2 Å². The van der Waals surface area contributed by atoms with Gasteiger partial charge in [-0.3, -0.25) is 0 Å². The molecule has 0 aliphatic carbocycles. The summed E-state index contributed by atoms with van der Waals surface area (Å²) in [7, 11) is 4.76. The van der Waals surface area contributed by atoms with Gasteiger partial charge in [-0.15, -0.1) is 0 Å². The van der Waals surface area contributed by atoms with Crippen LogP contribution < -0.4 is 14.2 Å². The van der Waals surface area contributed by atoms with Crippen molar-refractivity contribution in [2.45, 2.75) is 6.92 Å². The lowest BCUT2D eigenvalue weighted by atomic mass is 10.1. The lowest BCUT2D eigenvalue weighted by Gasteiger charge is -2.15. The van der Waals surface area contributed by atoms with Gasteiger partial charge < -0.3 is 23.9 Å². The second-order valence-electron chi connectivity index (χ2n) is 5.93. The highest BCUT2D eigenvalue weighted by atomic mass is 16.5. The van der Waals surface area contributed by atoms with Gasteiger partial charge in [-0.1, -0.05) is 0 Å². The summed E-state index contributed by atoms with van der Waals surface area (Å²) in [5, 5.41) is 9.60. The van der Waals surface area contributed by atoms with Gasteiger partial charge in [0.25, 0.3) is 0 Å². The Morgan fingerprint density at radius 1 is 0.889 bits per heavy atom. The Bertz CT molecular complexity index is 973. The average molecular weight is 367 g/mol. The summed E-state index contributed by atoms with van der Waals surface area (Å²) in [4.78, 5) is 11.7. The maximum absolute atomic E-state index is 11.7. The fourth-order valence-corrected chi connectivity index (χ4v) is 3.10. The third-order valence-electron chi connectivity index (χ3n) is 4.49. The van der Waals surface area contributed by atoms with Gasteiger partial charge in [0.1, 0.15) is 17.2 Å². The Balaban J connectivity index is 2.26. The molecule has 2 aromatic carbocycles. The third-order valence-corrected chi connectivity index (χ3v) is 4.49. The maximum atomic E-state index is 11.7. The first-order valence-electron chi connectivity index (χ1n) is 8.32. The lowest BCUT2D eigenvalue weighted by molar-refractivity contribution is 0.0696. The summed E-state index contributed by atoms with van der Waals surface area (Å²) < 4.78 is 17.9. The van der Waals surface area contributed by atoms with E-state index in [2.05, 4.69) is 0 Å². The van der Waals surface area contributed by atoms with E-state index in [1.54, 1.807) is 40.4 Å². The van der Waals surface area contributed by atoms with Crippen LogP contribution in [0.2, 0.25) is 0 Å². The Hall–Kier alpha value is -3.41. The summed E-state index contributed by atoms with van der Waals surface area (Å²) >= 11 is 0. The second-order valence-corrected chi connectivity index (χ2v) is 5.93. The van der Waals surface area contributed by atoms with Crippen molar-refractivity contribution in [2.24, 2.45) is 0 Å². The van der Waals surface area contributed by atoms with Crippen molar-refractivity contribution in [3.05, 3.63) is 59.8 Å². The molecule has 0 spiro atoms. The van der Waals surface area contributed by atoms with E-state index in [1.165, 1.54) is 0 Å². The molecule has 0 fully saturated rings. The predicted octanol–water partition coefficient (Wildman–Crippen LogP) is 4.18. The van der Waals surface area contributed by atoms with E-state index in [4.69, 9.17) is 14.2 Å². The number of hydrogen-bond acceptors (Lipinski definition) is 4. The molecule has 0 atom stereocenters. The number of ether oxygens (including phenoxy) is 3. The zero-order valence-corrected chi connectivity index (χ0v) is 15.6. The predicted molar refractivity (Wildman–Crippen MR) is 103 cm³/mol. The van der Waals surface area contributed by atoms with Gasteiger partial charge >= 0.3 is 5.97 Å². The van der Waals surface area contributed by atoms with Crippen molar-refractivity contribution < 1.29 is 24.1 Å². The number of nitrogens with zero attached hydrogens (tertiary/aromatic N) is 1. The first-order valence-corrected chi connectivity index (χ1v) is 8.32. The molecule has 6 nitrogen and oxygen atoms in total. The topological polar surface area (TPSA) is 69.9 Å². The lowest BCUT2D eigenvalue weighted by Crippen LogP contribution is -2.03. The van der Waals surface area contributed by atoms with Crippen LogP contribution in [-0.4, -0.2) is 37.0 Å². The first-order chi connectivity index (χ1) is 13.0. The van der Waals surface area contributed by atoms with Crippen LogP contribution in [0, 0.1) is 6.92 Å². The van der Waals surface area contributed by atoms with Gasteiger partial charge in [0.05, 0.1) is 32.6 Å². The SMILES string of the molecule is COc1ccc(-n2c(-c3ccc(OC)cc3OC)cc(C(=O)O)c2C)cc1. The van der Waals surface area contributed by atoms with E-state index in [9.17, 15) is 9.90 Å². The van der Waals surface area contributed by atoms with Gasteiger partial charge in [-0.05, 0) is 49.4 Å². The molecule has 3 aromatic rings. The maximum Gasteiger partial charge on any atom is 0.337 e. The molecule has 0 amide bonds. The van der Waals surface area contributed by atoms with Crippen LogP contribution in [0.4, 0.5) is 0 Å². The van der Waals surface area contributed by atoms with Crippen molar-refractivity contribution in [1.29, 1.82) is 0 Å². The number of benzene rings is 2. The minimum Gasteiger partial charge on any atom is -0.497 e. The van der Waals surface area contributed by atoms with E-state index in [0.717, 1.165) is 22.7 Å². The van der Waals surface area contributed by atoms with Gasteiger partial charge in [0.15, 0.2) is 0 Å². The van der Waals surface area contributed by atoms with E-state index in [1.807, 2.05) is 41.0 Å². The third kappa shape index (κ3) is 3.33. The number of carboxylic acid groups (broad SMARTS) is 1. The van der Waals surface area contributed by atoms with E-state index in [0.29, 0.717) is 17.2 Å². The molecule has 0 unspecified atom stereocenters. The molecule has 0 bridgehead atoms. The zero-order chi connectivity index (χ0) is 19.6. The Labute approximate surface area is 157 Å². The fraction of sp³-hybridized carbons (Fsp3) is 0.190. The van der Waals surface area contributed by atoms with Crippen LogP contribution in [0.25, 0.3) is 16.9 Å². The Morgan fingerprint density at radius 3 is 2.07 bits per heavy atom. The summed E-state index contributed by atoms with van der Waals surface area (Å²) in [5.74, 6) is 1.01. The highest BCUT2D eigenvalue weighted by Crippen LogP contribution is 2.37. The van der Waals surface area contributed by atoms with E-state index >= 15 is 0 Å². The van der Waals surface area contributed by atoms with Gasteiger partial charge in [0.2, 0.25) is 0 Å². The minimum absolute atomic E-state index is 0.235. The van der Waals surface area contributed by atoms with Crippen molar-refractivity contribution in [1.82, 2.24) is 4.57 Å². The smallest absolute Gasteiger partial charge is 0.337 e. The number of hydrogen-bond donors (Lipinski definition) is 1. The molecule has 1 N–H and O–H groups in total. The van der Waals surface area contributed by atoms with Crippen LogP contribution in [0.5, 0.6) is 17.2 Å². The highest BCUT2D eigenvalue weighted by Gasteiger charge is 2.21. The Morgan fingerprint density at radius 2 is 1.52 bits per heavy atom. The van der Waals surface area contributed by atoms with E-state index in [-0.39, 0.29) is 5.56 Å². The normalized spacial score (nSPS) is 10.5. The number of carboxylic acids is 1. The van der Waals surface area contributed by atoms with Crippen LogP contribution in [0.1, 0.15) is 16.1 Å². The second kappa shape index (κ2) is 7.45. The van der Waals surface area contributed by atoms with Gasteiger partial charge in [-0.25, -0.2) is 4.79 Å². The molecular weight excluding hydrogens is 346 g/mol. The fourth-order valence-electron chi connectivity index (χ4n) is 3.10. The van der Waals surface area contributed by atoms with Crippen LogP contribution in [0.3, 0.4) is 0 Å². The number of aromatic nitrogens is 1. The molecule has 0 aliphatic heterocycles. The molecule has 0 saturated carbocycles. The molecule has 140 valence electrons.